The summed E-state index contributed by atoms with van der Waals surface area (Å²) in [5, 5.41) is 37.3. The summed E-state index contributed by atoms with van der Waals surface area (Å²) in [5.74, 6) is -4.89. The van der Waals surface area contributed by atoms with Gasteiger partial charge in [-0.1, -0.05) is 0 Å². The third-order valence-electron chi connectivity index (χ3n) is 5.67. The minimum Gasteiger partial charge on any atom is -0.463 e. The summed E-state index contributed by atoms with van der Waals surface area (Å²) in [4.78, 5) is 12.7. The second kappa shape index (κ2) is 10.8. The third kappa shape index (κ3) is 5.80. The predicted molar refractivity (Wildman–Crippen MR) is 115 cm³/mol. The van der Waals surface area contributed by atoms with E-state index < -0.39 is 87.6 Å². The van der Waals surface area contributed by atoms with Gasteiger partial charge in [0.2, 0.25) is 10.0 Å². The molecule has 5 N–H and O–H groups in total. The first-order valence-corrected chi connectivity index (χ1v) is 12.3. The number of anilines is 1. The van der Waals surface area contributed by atoms with Crippen LogP contribution in [-0.2, 0) is 29.0 Å². The van der Waals surface area contributed by atoms with Gasteiger partial charge in [0.05, 0.1) is 31.1 Å². The van der Waals surface area contributed by atoms with Crippen molar-refractivity contribution in [3.8, 4) is 0 Å². The number of aliphatic hydroxyl groups excluding tert-OH is 4. The fraction of sp³-hybridized carbons (Fsp3) is 0.571. The number of nitrogens with one attached hydrogen (secondary N) is 1. The smallest absolute Gasteiger partial charge is 0.335 e. The molecule has 1 aromatic carbocycles. The SMILES string of the molecule is CCOC(=O)C1=CC2(CCC1S(=O)(=O)Nc1ccc(F)cc1F)OC(C(O)CO)C(C(O)CO)O2. The van der Waals surface area contributed by atoms with Gasteiger partial charge < -0.3 is 34.6 Å². The number of esters is 1. The van der Waals surface area contributed by atoms with Gasteiger partial charge in [-0.2, -0.15) is 0 Å². The summed E-state index contributed by atoms with van der Waals surface area (Å²) in [6.07, 6.45) is -5.14. The fourth-order valence-corrected chi connectivity index (χ4v) is 5.57. The van der Waals surface area contributed by atoms with Gasteiger partial charge in [-0.3, -0.25) is 4.72 Å². The van der Waals surface area contributed by atoms with E-state index in [2.05, 4.69) is 0 Å². The van der Waals surface area contributed by atoms with E-state index in [1.54, 1.807) is 0 Å². The minimum atomic E-state index is -4.47. The molecule has 0 aromatic heterocycles. The molecule has 1 aromatic rings. The molecular formula is C21H27F2NO10S. The topological polar surface area (TPSA) is 172 Å². The molecular weight excluding hydrogens is 496 g/mol. The molecule has 3 rings (SSSR count). The molecule has 196 valence electrons. The van der Waals surface area contributed by atoms with Gasteiger partial charge in [-0.25, -0.2) is 22.0 Å². The molecule has 14 heteroatoms. The number of rotatable bonds is 9. The van der Waals surface area contributed by atoms with Crippen LogP contribution in [0.25, 0.3) is 0 Å². The van der Waals surface area contributed by atoms with Crippen LogP contribution in [0.3, 0.4) is 0 Å². The van der Waals surface area contributed by atoms with Gasteiger partial charge in [0, 0.05) is 12.5 Å². The van der Waals surface area contributed by atoms with Crippen LogP contribution in [0, 0.1) is 11.6 Å². The first kappa shape index (κ1) is 27.4. The molecule has 1 aliphatic carbocycles. The van der Waals surface area contributed by atoms with E-state index in [0.29, 0.717) is 6.07 Å². The number of hydrogen-bond donors (Lipinski definition) is 5. The molecule has 5 unspecified atom stereocenters. The van der Waals surface area contributed by atoms with Crippen molar-refractivity contribution in [1.82, 2.24) is 0 Å². The number of hydrogen-bond acceptors (Lipinski definition) is 10. The van der Waals surface area contributed by atoms with Gasteiger partial charge in [0.15, 0.2) is 5.79 Å². The molecule has 0 amide bonds. The van der Waals surface area contributed by atoms with E-state index >= 15 is 0 Å². The Balaban J connectivity index is 1.98. The summed E-state index contributed by atoms with van der Waals surface area (Å²) < 4.78 is 72.0. The van der Waals surface area contributed by atoms with Crippen LogP contribution in [0.4, 0.5) is 14.5 Å². The lowest BCUT2D eigenvalue weighted by Gasteiger charge is -2.34. The fourth-order valence-electron chi connectivity index (χ4n) is 4.02. The highest BCUT2D eigenvalue weighted by Crippen LogP contribution is 2.43. The average molecular weight is 524 g/mol. The lowest BCUT2D eigenvalue weighted by Crippen LogP contribution is -2.45. The van der Waals surface area contributed by atoms with Crippen LogP contribution in [0.2, 0.25) is 0 Å². The summed E-state index contributed by atoms with van der Waals surface area (Å²) >= 11 is 0. The molecule has 1 aliphatic heterocycles. The highest BCUT2D eigenvalue weighted by molar-refractivity contribution is 7.93. The van der Waals surface area contributed by atoms with Gasteiger partial charge in [-0.15, -0.1) is 0 Å². The van der Waals surface area contributed by atoms with Gasteiger partial charge >= 0.3 is 5.97 Å². The molecule has 5 atom stereocenters. The first-order valence-electron chi connectivity index (χ1n) is 10.8. The average Bonchev–Trinajstić information content (AvgIpc) is 3.18. The Bertz CT molecular complexity index is 1050. The molecule has 35 heavy (non-hydrogen) atoms. The van der Waals surface area contributed by atoms with E-state index in [9.17, 15) is 42.4 Å². The number of benzene rings is 1. The lowest BCUT2D eigenvalue weighted by molar-refractivity contribution is -0.164. The van der Waals surface area contributed by atoms with E-state index in [0.717, 1.165) is 18.2 Å². The second-order valence-electron chi connectivity index (χ2n) is 8.10. The van der Waals surface area contributed by atoms with Crippen molar-refractivity contribution in [2.45, 2.75) is 55.2 Å². The standard InChI is InChI=1S/C21H27F2NO10S/c1-2-32-20(29)12-8-21(33-18(15(27)9-25)19(34-21)16(28)10-26)6-5-17(12)35(30,31)24-14-4-3-11(22)7-13(14)23/h3-4,7-8,15-19,24-28H,2,5-6,9-10H2,1H3. The van der Waals surface area contributed by atoms with Crippen LogP contribution in [0.1, 0.15) is 19.8 Å². The molecule has 0 bridgehead atoms. The Morgan fingerprint density at radius 1 is 1.20 bits per heavy atom. The summed E-state index contributed by atoms with van der Waals surface area (Å²) in [6, 6.07) is 2.25. The Hall–Kier alpha value is -2.20. The largest absolute Gasteiger partial charge is 0.463 e. The van der Waals surface area contributed by atoms with Crippen molar-refractivity contribution in [3.05, 3.63) is 41.5 Å². The molecule has 0 radical (unpaired) electrons. The molecule has 1 spiro atoms. The zero-order valence-corrected chi connectivity index (χ0v) is 19.5. The highest BCUT2D eigenvalue weighted by Gasteiger charge is 2.55. The molecule has 1 fully saturated rings. The molecule has 11 nitrogen and oxygen atoms in total. The molecule has 2 aliphatic rings. The van der Waals surface area contributed by atoms with Crippen molar-refractivity contribution in [3.63, 3.8) is 0 Å². The zero-order valence-electron chi connectivity index (χ0n) is 18.6. The quantitative estimate of drug-likeness (QED) is 0.267. The van der Waals surface area contributed by atoms with Gasteiger partial charge in [0.25, 0.3) is 0 Å². The molecule has 1 heterocycles. The molecule has 0 saturated carbocycles. The highest BCUT2D eigenvalue weighted by atomic mass is 32.2. The number of halogens is 2. The van der Waals surface area contributed by atoms with Crippen molar-refractivity contribution in [1.29, 1.82) is 0 Å². The number of sulfonamides is 1. The van der Waals surface area contributed by atoms with Crippen LogP contribution >= 0.6 is 0 Å². The normalized spacial score (nSPS) is 28.4. The maximum atomic E-state index is 14.1. The van der Waals surface area contributed by atoms with Crippen molar-refractivity contribution in [2.24, 2.45) is 0 Å². The van der Waals surface area contributed by atoms with Crippen molar-refractivity contribution < 1.29 is 56.6 Å². The predicted octanol–water partition coefficient (Wildman–Crippen LogP) is -0.455. The van der Waals surface area contributed by atoms with E-state index in [-0.39, 0.29) is 19.4 Å². The summed E-state index contributed by atoms with van der Waals surface area (Å²) in [7, 11) is -4.47. The minimum absolute atomic E-state index is 0.102. The third-order valence-corrected chi connectivity index (χ3v) is 7.42. The van der Waals surface area contributed by atoms with Crippen molar-refractivity contribution >= 4 is 21.7 Å². The number of ether oxygens (including phenoxy) is 3. The van der Waals surface area contributed by atoms with E-state index in [1.807, 2.05) is 4.72 Å². The number of carbonyl (C=O) groups excluding carboxylic acids is 1. The summed E-state index contributed by atoms with van der Waals surface area (Å²) in [5.41, 5.74) is -0.940. The van der Waals surface area contributed by atoms with Crippen LogP contribution in [-0.4, -0.2) is 90.1 Å². The Morgan fingerprint density at radius 3 is 2.31 bits per heavy atom. The maximum Gasteiger partial charge on any atom is 0.335 e. The monoisotopic (exact) mass is 523 g/mol. The molecule has 1 saturated heterocycles. The van der Waals surface area contributed by atoms with Crippen LogP contribution in [0.5, 0.6) is 0 Å². The van der Waals surface area contributed by atoms with Gasteiger partial charge in [-0.05, 0) is 31.6 Å². The van der Waals surface area contributed by atoms with E-state index in [4.69, 9.17) is 14.2 Å². The van der Waals surface area contributed by atoms with Gasteiger partial charge in [0.1, 0.15) is 41.3 Å². The second-order valence-corrected chi connectivity index (χ2v) is 9.96. The number of aliphatic hydroxyl groups is 4. The first-order chi connectivity index (χ1) is 16.5. The Morgan fingerprint density at radius 2 is 1.80 bits per heavy atom. The van der Waals surface area contributed by atoms with Crippen molar-refractivity contribution in [2.75, 3.05) is 24.5 Å². The van der Waals surface area contributed by atoms with Crippen LogP contribution in [0.15, 0.2) is 29.8 Å². The Kier molecular flexibility index (Phi) is 8.47. The summed E-state index contributed by atoms with van der Waals surface area (Å²) in [6.45, 7) is -0.138. The number of carbonyl (C=O) groups is 1. The zero-order chi connectivity index (χ0) is 26.0. The maximum absolute atomic E-state index is 14.1. The Labute approximate surface area is 200 Å². The lowest BCUT2D eigenvalue weighted by atomic mass is 9.94. The van der Waals surface area contributed by atoms with E-state index in [1.165, 1.54) is 6.92 Å². The van der Waals surface area contributed by atoms with Crippen LogP contribution < -0.4 is 4.72 Å².